The second kappa shape index (κ2) is 6.08. The van der Waals surface area contributed by atoms with Crippen LogP contribution in [0.15, 0.2) is 48.5 Å². The lowest BCUT2D eigenvalue weighted by Gasteiger charge is -2.23. The van der Waals surface area contributed by atoms with E-state index >= 15 is 0 Å². The summed E-state index contributed by atoms with van der Waals surface area (Å²) < 4.78 is 38.3. The number of benzene rings is 2. The summed E-state index contributed by atoms with van der Waals surface area (Å²) in [5.41, 5.74) is 1.84. The molecule has 0 aliphatic rings. The van der Waals surface area contributed by atoms with Gasteiger partial charge < -0.3 is 10.4 Å². The van der Waals surface area contributed by atoms with E-state index in [9.17, 15) is 18.3 Å². The van der Waals surface area contributed by atoms with E-state index in [1.807, 2.05) is 0 Å². The minimum atomic E-state index is -4.27. The fraction of sp³-hybridized carbons (Fsp3) is 0.250. The molecule has 2 aromatic carbocycles. The Hall–Kier alpha value is -2.17. The highest BCUT2D eigenvalue weighted by Crippen LogP contribution is 2.33. The van der Waals surface area contributed by atoms with Crippen LogP contribution in [0.2, 0.25) is 0 Å². The van der Waals surface area contributed by atoms with Crippen molar-refractivity contribution in [3.8, 4) is 5.75 Å². The number of hydrogen-bond acceptors (Lipinski definition) is 2. The predicted octanol–water partition coefficient (Wildman–Crippen LogP) is 4.81. The number of rotatable bonds is 4. The average Bonchev–Trinajstić information content (AvgIpc) is 2.40. The Bertz CT molecular complexity index is 596. The molecule has 1 atom stereocenters. The fourth-order valence-corrected chi connectivity index (χ4v) is 2.17. The molecule has 21 heavy (non-hydrogen) atoms. The van der Waals surface area contributed by atoms with Crippen molar-refractivity contribution >= 4 is 5.69 Å². The van der Waals surface area contributed by atoms with Crippen LogP contribution in [0.1, 0.15) is 23.6 Å². The number of hydrogen-bond donors (Lipinski definition) is 2. The second-order valence-electron chi connectivity index (χ2n) is 4.93. The van der Waals surface area contributed by atoms with Gasteiger partial charge in [0.25, 0.3) is 0 Å². The molecule has 0 fully saturated rings. The third-order valence-corrected chi connectivity index (χ3v) is 3.18. The standard InChI is InChI=1S/C16H16F3NO/c1-11-9-13(21)7-8-14(11)20-15(10-16(17,18)19)12-5-3-2-4-6-12/h2-9,15,20-21H,10H2,1H3. The van der Waals surface area contributed by atoms with E-state index in [0.29, 0.717) is 16.8 Å². The van der Waals surface area contributed by atoms with E-state index in [-0.39, 0.29) is 5.75 Å². The van der Waals surface area contributed by atoms with Gasteiger partial charge in [0.2, 0.25) is 0 Å². The van der Waals surface area contributed by atoms with E-state index in [1.54, 1.807) is 43.3 Å². The minimum absolute atomic E-state index is 0.0881. The minimum Gasteiger partial charge on any atom is -0.508 e. The highest BCUT2D eigenvalue weighted by atomic mass is 19.4. The van der Waals surface area contributed by atoms with Gasteiger partial charge in [-0.05, 0) is 36.2 Å². The molecule has 2 nitrogen and oxygen atoms in total. The predicted molar refractivity (Wildman–Crippen MR) is 76.3 cm³/mol. The van der Waals surface area contributed by atoms with Crippen molar-refractivity contribution in [3.05, 3.63) is 59.7 Å². The number of aryl methyl sites for hydroxylation is 1. The maximum absolute atomic E-state index is 12.8. The molecule has 0 radical (unpaired) electrons. The summed E-state index contributed by atoms with van der Waals surface area (Å²) in [5, 5.41) is 12.3. The van der Waals surface area contributed by atoms with E-state index < -0.39 is 18.6 Å². The Morgan fingerprint density at radius 2 is 1.76 bits per heavy atom. The van der Waals surface area contributed by atoms with Crippen molar-refractivity contribution in [1.82, 2.24) is 0 Å². The normalized spacial score (nSPS) is 13.0. The topological polar surface area (TPSA) is 32.3 Å². The van der Waals surface area contributed by atoms with Gasteiger partial charge in [0.1, 0.15) is 5.75 Å². The molecular formula is C16H16F3NO. The van der Waals surface area contributed by atoms with Crippen LogP contribution >= 0.6 is 0 Å². The summed E-state index contributed by atoms with van der Waals surface area (Å²) in [6.45, 7) is 1.73. The van der Waals surface area contributed by atoms with Crippen LogP contribution in [0.5, 0.6) is 5.75 Å². The highest BCUT2D eigenvalue weighted by Gasteiger charge is 2.32. The Kier molecular flexibility index (Phi) is 4.40. The monoisotopic (exact) mass is 295 g/mol. The zero-order chi connectivity index (χ0) is 15.5. The van der Waals surface area contributed by atoms with Crippen molar-refractivity contribution in [2.45, 2.75) is 25.6 Å². The Morgan fingerprint density at radius 1 is 1.10 bits per heavy atom. The lowest BCUT2D eigenvalue weighted by Crippen LogP contribution is -2.20. The maximum atomic E-state index is 12.8. The molecule has 2 rings (SSSR count). The van der Waals surface area contributed by atoms with Crippen molar-refractivity contribution < 1.29 is 18.3 Å². The molecule has 2 aromatic rings. The summed E-state index contributed by atoms with van der Waals surface area (Å²) in [7, 11) is 0. The van der Waals surface area contributed by atoms with E-state index in [0.717, 1.165) is 0 Å². The molecule has 1 unspecified atom stereocenters. The van der Waals surface area contributed by atoms with Gasteiger partial charge in [0.15, 0.2) is 0 Å². The van der Waals surface area contributed by atoms with Crippen LogP contribution in [0.25, 0.3) is 0 Å². The number of phenolic OH excluding ortho intramolecular Hbond substituents is 1. The summed E-state index contributed by atoms with van der Waals surface area (Å²) in [6, 6.07) is 12.2. The van der Waals surface area contributed by atoms with Crippen molar-refractivity contribution in [3.63, 3.8) is 0 Å². The van der Waals surface area contributed by atoms with Gasteiger partial charge in [-0.15, -0.1) is 0 Å². The smallest absolute Gasteiger partial charge is 0.391 e. The number of halogens is 3. The maximum Gasteiger partial charge on any atom is 0.391 e. The number of phenols is 1. The number of nitrogens with one attached hydrogen (secondary N) is 1. The quantitative estimate of drug-likeness (QED) is 0.794. The Labute approximate surface area is 121 Å². The molecular weight excluding hydrogens is 279 g/mol. The number of alkyl halides is 3. The molecule has 112 valence electrons. The Morgan fingerprint density at radius 3 is 2.33 bits per heavy atom. The van der Waals surface area contributed by atoms with Crippen LogP contribution in [0, 0.1) is 6.92 Å². The lowest BCUT2D eigenvalue weighted by atomic mass is 10.0. The molecule has 0 aliphatic carbocycles. The summed E-state index contributed by atoms with van der Waals surface area (Å²) in [6.07, 6.45) is -5.23. The zero-order valence-corrected chi connectivity index (χ0v) is 11.5. The van der Waals surface area contributed by atoms with Crippen LogP contribution in [0.4, 0.5) is 18.9 Å². The molecule has 0 saturated heterocycles. The van der Waals surface area contributed by atoms with E-state index in [4.69, 9.17) is 0 Å². The third kappa shape index (κ3) is 4.41. The first-order valence-electron chi connectivity index (χ1n) is 6.53. The molecule has 5 heteroatoms. The van der Waals surface area contributed by atoms with Gasteiger partial charge in [0.05, 0.1) is 12.5 Å². The van der Waals surface area contributed by atoms with Crippen LogP contribution in [-0.2, 0) is 0 Å². The largest absolute Gasteiger partial charge is 0.508 e. The van der Waals surface area contributed by atoms with Gasteiger partial charge >= 0.3 is 6.18 Å². The number of aromatic hydroxyl groups is 1. The fourth-order valence-electron chi connectivity index (χ4n) is 2.17. The Balaban J connectivity index is 2.28. The number of anilines is 1. The van der Waals surface area contributed by atoms with Gasteiger partial charge in [-0.25, -0.2) is 0 Å². The molecule has 0 bridgehead atoms. The zero-order valence-electron chi connectivity index (χ0n) is 11.5. The van der Waals surface area contributed by atoms with Crippen LogP contribution in [0.3, 0.4) is 0 Å². The average molecular weight is 295 g/mol. The van der Waals surface area contributed by atoms with Crippen LogP contribution < -0.4 is 5.32 Å². The van der Waals surface area contributed by atoms with E-state index in [1.165, 1.54) is 12.1 Å². The van der Waals surface area contributed by atoms with Crippen molar-refractivity contribution in [1.29, 1.82) is 0 Å². The van der Waals surface area contributed by atoms with Gasteiger partial charge in [-0.2, -0.15) is 13.2 Å². The molecule has 0 aliphatic heterocycles. The first-order valence-corrected chi connectivity index (χ1v) is 6.53. The van der Waals surface area contributed by atoms with Crippen molar-refractivity contribution in [2.75, 3.05) is 5.32 Å². The third-order valence-electron chi connectivity index (χ3n) is 3.18. The van der Waals surface area contributed by atoms with Crippen LogP contribution in [-0.4, -0.2) is 11.3 Å². The highest BCUT2D eigenvalue weighted by molar-refractivity contribution is 5.54. The first kappa shape index (κ1) is 15.2. The SMILES string of the molecule is Cc1cc(O)ccc1NC(CC(F)(F)F)c1ccccc1. The molecule has 0 saturated carbocycles. The molecule has 0 spiro atoms. The molecule has 0 heterocycles. The first-order chi connectivity index (χ1) is 9.85. The van der Waals surface area contributed by atoms with Gasteiger partial charge in [-0.1, -0.05) is 30.3 Å². The summed E-state index contributed by atoms with van der Waals surface area (Å²) in [4.78, 5) is 0. The van der Waals surface area contributed by atoms with Gasteiger partial charge in [0, 0.05) is 5.69 Å². The van der Waals surface area contributed by atoms with Crippen molar-refractivity contribution in [2.24, 2.45) is 0 Å². The van der Waals surface area contributed by atoms with E-state index in [2.05, 4.69) is 5.32 Å². The summed E-state index contributed by atoms with van der Waals surface area (Å²) >= 11 is 0. The summed E-state index contributed by atoms with van der Waals surface area (Å²) in [5.74, 6) is 0.0881. The molecule has 0 amide bonds. The second-order valence-corrected chi connectivity index (χ2v) is 4.93. The molecule has 2 N–H and O–H groups in total. The molecule has 0 aromatic heterocycles. The lowest BCUT2D eigenvalue weighted by molar-refractivity contribution is -0.137. The van der Waals surface area contributed by atoms with Gasteiger partial charge in [-0.3, -0.25) is 0 Å².